The summed E-state index contributed by atoms with van der Waals surface area (Å²) in [7, 11) is 1.61. The van der Waals surface area contributed by atoms with Gasteiger partial charge in [-0.05, 0) is 0 Å². The Morgan fingerprint density at radius 2 is 1.54 bits per heavy atom. The number of nitrogens with zero attached hydrogens (tertiary/aromatic N) is 2. The molecule has 5 nitrogen and oxygen atoms in total. The van der Waals surface area contributed by atoms with Crippen molar-refractivity contribution >= 4 is 11.9 Å². The van der Waals surface area contributed by atoms with Crippen LogP contribution < -0.4 is 5.32 Å². The first kappa shape index (κ1) is 9.83. The zero-order valence-corrected chi connectivity index (χ0v) is 8.04. The molecule has 5 heteroatoms. The van der Waals surface area contributed by atoms with Gasteiger partial charge in [0.05, 0.1) is 0 Å². The molecular weight excluding hydrogens is 170 g/mol. The van der Waals surface area contributed by atoms with E-state index in [0.29, 0.717) is 26.2 Å². The molecule has 1 aliphatic rings. The molecule has 1 rings (SSSR count). The van der Waals surface area contributed by atoms with Crippen LogP contribution in [0, 0.1) is 0 Å². The first-order valence-electron chi connectivity index (χ1n) is 4.37. The van der Waals surface area contributed by atoms with E-state index >= 15 is 0 Å². The van der Waals surface area contributed by atoms with E-state index in [0.717, 1.165) is 0 Å². The molecule has 0 spiro atoms. The van der Waals surface area contributed by atoms with Gasteiger partial charge in [-0.3, -0.25) is 4.79 Å². The Kier molecular flexibility index (Phi) is 3.11. The number of carbonyl (C=O) groups excluding carboxylic acids is 2. The van der Waals surface area contributed by atoms with Crippen molar-refractivity contribution in [1.29, 1.82) is 0 Å². The lowest BCUT2D eigenvalue weighted by Crippen LogP contribution is -2.52. The van der Waals surface area contributed by atoms with Crippen molar-refractivity contribution in [1.82, 2.24) is 15.1 Å². The molecule has 1 heterocycles. The Labute approximate surface area is 77.7 Å². The fraction of sp³-hybridized carbons (Fsp3) is 0.750. The van der Waals surface area contributed by atoms with Gasteiger partial charge in [0.25, 0.3) is 0 Å². The van der Waals surface area contributed by atoms with Crippen LogP contribution in [0.5, 0.6) is 0 Å². The van der Waals surface area contributed by atoms with Gasteiger partial charge in [0.1, 0.15) is 0 Å². The average Bonchev–Trinajstić information content (AvgIpc) is 2.17. The van der Waals surface area contributed by atoms with E-state index in [1.165, 1.54) is 0 Å². The Morgan fingerprint density at radius 3 is 1.92 bits per heavy atom. The summed E-state index contributed by atoms with van der Waals surface area (Å²) in [5, 5.41) is 2.56. The lowest BCUT2D eigenvalue weighted by Gasteiger charge is -2.33. The maximum absolute atomic E-state index is 11.2. The van der Waals surface area contributed by atoms with E-state index in [2.05, 4.69) is 5.32 Å². The second-order valence-corrected chi connectivity index (χ2v) is 3.05. The molecule has 0 radical (unpaired) electrons. The minimum Gasteiger partial charge on any atom is -0.341 e. The summed E-state index contributed by atoms with van der Waals surface area (Å²) in [5.74, 6) is 0.0801. The molecule has 0 atom stereocenters. The van der Waals surface area contributed by atoms with E-state index in [-0.39, 0.29) is 11.9 Å². The van der Waals surface area contributed by atoms with E-state index in [9.17, 15) is 9.59 Å². The molecule has 74 valence electrons. The Morgan fingerprint density at radius 1 is 1.08 bits per heavy atom. The second kappa shape index (κ2) is 4.11. The lowest BCUT2D eigenvalue weighted by atomic mass is 10.3. The van der Waals surface area contributed by atoms with Crippen molar-refractivity contribution < 1.29 is 9.59 Å². The van der Waals surface area contributed by atoms with Crippen LogP contribution in [0.4, 0.5) is 4.79 Å². The zero-order chi connectivity index (χ0) is 9.84. The smallest absolute Gasteiger partial charge is 0.317 e. The highest BCUT2D eigenvalue weighted by Gasteiger charge is 2.20. The molecule has 0 saturated carbocycles. The van der Waals surface area contributed by atoms with Crippen LogP contribution in [-0.2, 0) is 4.79 Å². The van der Waals surface area contributed by atoms with E-state index in [4.69, 9.17) is 0 Å². The van der Waals surface area contributed by atoms with Crippen LogP contribution in [0.3, 0.4) is 0 Å². The van der Waals surface area contributed by atoms with Crippen LogP contribution in [-0.4, -0.2) is 55.0 Å². The van der Waals surface area contributed by atoms with Crippen molar-refractivity contribution in [3.8, 4) is 0 Å². The first-order chi connectivity index (χ1) is 6.15. The molecule has 1 N–H and O–H groups in total. The van der Waals surface area contributed by atoms with Crippen molar-refractivity contribution in [2.24, 2.45) is 0 Å². The molecule has 0 aromatic heterocycles. The van der Waals surface area contributed by atoms with Crippen molar-refractivity contribution in [2.75, 3.05) is 33.2 Å². The number of urea groups is 1. The molecule has 0 aliphatic carbocycles. The maximum atomic E-state index is 11.2. The second-order valence-electron chi connectivity index (χ2n) is 3.05. The minimum atomic E-state index is -0.0665. The summed E-state index contributed by atoms with van der Waals surface area (Å²) < 4.78 is 0. The monoisotopic (exact) mass is 185 g/mol. The number of amides is 3. The fourth-order valence-electron chi connectivity index (χ4n) is 1.38. The van der Waals surface area contributed by atoms with Crippen LogP contribution in [0.15, 0.2) is 0 Å². The predicted octanol–water partition coefficient (Wildman–Crippen LogP) is -0.510. The topological polar surface area (TPSA) is 52.7 Å². The third-order valence-electron chi connectivity index (χ3n) is 2.23. The number of piperazine rings is 1. The SMILES string of the molecule is CNC(=O)N1CCN(C(C)=O)CC1. The zero-order valence-electron chi connectivity index (χ0n) is 8.04. The summed E-state index contributed by atoms with van der Waals surface area (Å²) in [4.78, 5) is 25.6. The van der Waals surface area contributed by atoms with Gasteiger partial charge in [0.2, 0.25) is 5.91 Å². The summed E-state index contributed by atoms with van der Waals surface area (Å²) >= 11 is 0. The summed E-state index contributed by atoms with van der Waals surface area (Å²) in [6, 6.07) is -0.0665. The highest BCUT2D eigenvalue weighted by Crippen LogP contribution is 2.01. The van der Waals surface area contributed by atoms with Crippen LogP contribution in [0.2, 0.25) is 0 Å². The third-order valence-corrected chi connectivity index (χ3v) is 2.23. The van der Waals surface area contributed by atoms with Crippen molar-refractivity contribution in [2.45, 2.75) is 6.92 Å². The minimum absolute atomic E-state index is 0.0665. The van der Waals surface area contributed by atoms with E-state index in [1.54, 1.807) is 23.8 Å². The molecular formula is C8H15N3O2. The van der Waals surface area contributed by atoms with Gasteiger partial charge >= 0.3 is 6.03 Å². The van der Waals surface area contributed by atoms with Gasteiger partial charge in [-0.15, -0.1) is 0 Å². The van der Waals surface area contributed by atoms with Crippen LogP contribution in [0.1, 0.15) is 6.92 Å². The molecule has 1 saturated heterocycles. The molecule has 0 unspecified atom stereocenters. The lowest BCUT2D eigenvalue weighted by molar-refractivity contribution is -0.130. The largest absolute Gasteiger partial charge is 0.341 e. The maximum Gasteiger partial charge on any atom is 0.317 e. The van der Waals surface area contributed by atoms with Gasteiger partial charge in [0.15, 0.2) is 0 Å². The number of hydrogen-bond donors (Lipinski definition) is 1. The summed E-state index contributed by atoms with van der Waals surface area (Å²) in [5.41, 5.74) is 0. The Bertz CT molecular complexity index is 209. The number of hydrogen-bond acceptors (Lipinski definition) is 2. The number of nitrogens with one attached hydrogen (secondary N) is 1. The third kappa shape index (κ3) is 2.34. The highest BCUT2D eigenvalue weighted by molar-refractivity contribution is 5.75. The van der Waals surface area contributed by atoms with Gasteiger partial charge in [-0.25, -0.2) is 4.79 Å². The predicted molar refractivity (Wildman–Crippen MR) is 48.3 cm³/mol. The van der Waals surface area contributed by atoms with Crippen LogP contribution >= 0.6 is 0 Å². The molecule has 1 fully saturated rings. The molecule has 0 bridgehead atoms. The Balaban J connectivity index is 2.39. The molecule has 13 heavy (non-hydrogen) atoms. The van der Waals surface area contributed by atoms with Gasteiger partial charge in [-0.1, -0.05) is 0 Å². The van der Waals surface area contributed by atoms with Gasteiger partial charge in [-0.2, -0.15) is 0 Å². The average molecular weight is 185 g/mol. The normalized spacial score (nSPS) is 17.1. The van der Waals surface area contributed by atoms with Gasteiger partial charge < -0.3 is 15.1 Å². The fourth-order valence-corrected chi connectivity index (χ4v) is 1.38. The van der Waals surface area contributed by atoms with E-state index in [1.807, 2.05) is 0 Å². The van der Waals surface area contributed by atoms with Crippen molar-refractivity contribution in [3.63, 3.8) is 0 Å². The standard InChI is InChI=1S/C8H15N3O2/c1-7(12)10-3-5-11(6-4-10)8(13)9-2/h3-6H2,1-2H3,(H,9,13). The summed E-state index contributed by atoms with van der Waals surface area (Å²) in [6.45, 7) is 4.08. The molecule has 3 amide bonds. The molecule has 1 aliphatic heterocycles. The Hall–Kier alpha value is -1.26. The highest BCUT2D eigenvalue weighted by atomic mass is 16.2. The summed E-state index contributed by atoms with van der Waals surface area (Å²) in [6.07, 6.45) is 0. The van der Waals surface area contributed by atoms with Gasteiger partial charge in [0, 0.05) is 40.2 Å². The molecule has 0 aromatic rings. The van der Waals surface area contributed by atoms with Crippen LogP contribution in [0.25, 0.3) is 0 Å². The van der Waals surface area contributed by atoms with E-state index < -0.39 is 0 Å². The quantitative estimate of drug-likeness (QED) is 0.552. The number of carbonyl (C=O) groups is 2. The van der Waals surface area contributed by atoms with Crippen molar-refractivity contribution in [3.05, 3.63) is 0 Å². The first-order valence-corrected chi connectivity index (χ1v) is 4.37. The number of rotatable bonds is 0. The molecule has 0 aromatic carbocycles.